The lowest BCUT2D eigenvalue weighted by molar-refractivity contribution is -0.120. The Hall–Kier alpha value is -2.35. The maximum Gasteiger partial charge on any atom is 0.286 e. The highest BCUT2D eigenvalue weighted by Gasteiger charge is 2.09. The molecule has 27 heavy (non-hydrogen) atoms. The number of carbonyl (C=O) groups excluding carboxylic acids is 1. The first-order valence-corrected chi connectivity index (χ1v) is 9.42. The third kappa shape index (κ3) is 4.88. The van der Waals surface area contributed by atoms with E-state index >= 15 is 0 Å². The van der Waals surface area contributed by atoms with E-state index in [9.17, 15) is 4.79 Å². The maximum atomic E-state index is 12.3. The number of benzene rings is 2. The molecule has 0 fully saturated rings. The monoisotopic (exact) mass is 406 g/mol. The number of amides is 1. The highest BCUT2D eigenvalue weighted by Crippen LogP contribution is 2.23. The molecule has 0 spiro atoms. The Kier molecular flexibility index (Phi) is 6.49. The number of halogens is 1. The van der Waals surface area contributed by atoms with Crippen LogP contribution in [0.1, 0.15) is 0 Å². The fourth-order valence-corrected chi connectivity index (χ4v) is 3.71. The molecule has 3 aromatic rings. The van der Waals surface area contributed by atoms with Crippen LogP contribution in [-0.2, 0) is 16.1 Å². The summed E-state index contributed by atoms with van der Waals surface area (Å²) in [5.41, 5.74) is 0.975. The molecule has 0 saturated carbocycles. The van der Waals surface area contributed by atoms with Crippen LogP contribution in [0.2, 0.25) is 5.02 Å². The summed E-state index contributed by atoms with van der Waals surface area (Å²) >= 11 is 7.26. The predicted molar refractivity (Wildman–Crippen MR) is 106 cm³/mol. The number of rotatable bonds is 7. The van der Waals surface area contributed by atoms with E-state index < -0.39 is 0 Å². The molecule has 8 heteroatoms. The highest BCUT2D eigenvalue weighted by molar-refractivity contribution is 7.16. The normalized spacial score (nSPS) is 11.7. The summed E-state index contributed by atoms with van der Waals surface area (Å²) in [6.45, 7) is 0.955. The summed E-state index contributed by atoms with van der Waals surface area (Å²) in [6, 6.07) is 12.6. The Bertz CT molecular complexity index is 995. The van der Waals surface area contributed by atoms with Crippen molar-refractivity contribution in [3.8, 4) is 11.5 Å². The fraction of sp³-hybridized carbons (Fsp3) is 0.263. The number of fused-ring (bicyclic) bond motifs is 1. The number of methoxy groups -OCH3 is 2. The lowest BCUT2D eigenvalue weighted by Crippen LogP contribution is -2.21. The number of hydrogen-bond acceptors (Lipinski definition) is 5. The van der Waals surface area contributed by atoms with Gasteiger partial charge in [-0.2, -0.15) is 4.99 Å². The summed E-state index contributed by atoms with van der Waals surface area (Å²) < 4.78 is 18.9. The summed E-state index contributed by atoms with van der Waals surface area (Å²) in [5, 5.41) is 0.609. The summed E-state index contributed by atoms with van der Waals surface area (Å²) in [5.74, 6) is 0.956. The van der Waals surface area contributed by atoms with Gasteiger partial charge in [0.15, 0.2) is 11.4 Å². The van der Waals surface area contributed by atoms with Gasteiger partial charge in [-0.05, 0) is 42.5 Å². The first-order valence-electron chi connectivity index (χ1n) is 8.23. The minimum Gasteiger partial charge on any atom is -0.497 e. The minimum absolute atomic E-state index is 0.149. The van der Waals surface area contributed by atoms with Crippen molar-refractivity contribution in [2.75, 3.05) is 27.4 Å². The van der Waals surface area contributed by atoms with E-state index in [1.807, 2.05) is 22.8 Å². The highest BCUT2D eigenvalue weighted by atomic mass is 35.5. The Morgan fingerprint density at radius 3 is 2.59 bits per heavy atom. The Morgan fingerprint density at radius 1 is 1.15 bits per heavy atom. The van der Waals surface area contributed by atoms with Crippen LogP contribution >= 0.6 is 22.9 Å². The number of carbonyl (C=O) groups is 1. The molecule has 1 heterocycles. The van der Waals surface area contributed by atoms with Gasteiger partial charge in [-0.1, -0.05) is 22.9 Å². The Morgan fingerprint density at radius 2 is 1.89 bits per heavy atom. The predicted octanol–water partition coefficient (Wildman–Crippen LogP) is 3.52. The van der Waals surface area contributed by atoms with Crippen LogP contribution in [0.5, 0.6) is 11.5 Å². The van der Waals surface area contributed by atoms with Gasteiger partial charge >= 0.3 is 0 Å². The second-order valence-corrected chi connectivity index (χ2v) is 7.06. The number of hydrogen-bond donors (Lipinski definition) is 0. The smallest absolute Gasteiger partial charge is 0.286 e. The number of thiazole rings is 1. The maximum absolute atomic E-state index is 12.3. The van der Waals surface area contributed by atoms with Gasteiger partial charge in [-0.15, -0.1) is 0 Å². The molecule has 0 unspecified atom stereocenters. The summed E-state index contributed by atoms with van der Waals surface area (Å²) in [4.78, 5) is 17.1. The first-order chi connectivity index (χ1) is 13.1. The van der Waals surface area contributed by atoms with Crippen molar-refractivity contribution in [2.45, 2.75) is 6.54 Å². The van der Waals surface area contributed by atoms with Crippen LogP contribution in [-0.4, -0.2) is 37.9 Å². The standard InChI is InChI=1S/C19H19ClN2O4S/c1-24-10-9-22-16-8-7-15(25-2)11-17(16)27-19(22)21-18(23)12-26-14-5-3-13(20)4-6-14/h3-8,11H,9-10,12H2,1-2H3. The quantitative estimate of drug-likeness (QED) is 0.602. The van der Waals surface area contributed by atoms with Gasteiger partial charge in [0.05, 0.1) is 23.9 Å². The van der Waals surface area contributed by atoms with Gasteiger partial charge in [-0.3, -0.25) is 4.79 Å². The van der Waals surface area contributed by atoms with Crippen LogP contribution in [0, 0.1) is 0 Å². The molecular formula is C19H19ClN2O4S. The second kappa shape index (κ2) is 9.03. The fourth-order valence-electron chi connectivity index (χ4n) is 2.48. The van der Waals surface area contributed by atoms with Gasteiger partial charge in [0.25, 0.3) is 5.91 Å². The van der Waals surface area contributed by atoms with Gasteiger partial charge < -0.3 is 18.8 Å². The molecule has 1 aromatic heterocycles. The second-order valence-electron chi connectivity index (χ2n) is 5.61. The topological polar surface area (TPSA) is 62.1 Å². The molecule has 0 aliphatic carbocycles. The van der Waals surface area contributed by atoms with Crippen molar-refractivity contribution < 1.29 is 19.0 Å². The van der Waals surface area contributed by atoms with Gasteiger partial charge in [0.1, 0.15) is 11.5 Å². The van der Waals surface area contributed by atoms with Crippen molar-refractivity contribution in [3.05, 3.63) is 52.3 Å². The van der Waals surface area contributed by atoms with Crippen LogP contribution in [0.25, 0.3) is 10.2 Å². The van der Waals surface area contributed by atoms with Gasteiger partial charge in [0, 0.05) is 18.7 Å². The molecular weight excluding hydrogens is 388 g/mol. The van der Waals surface area contributed by atoms with Crippen molar-refractivity contribution in [1.82, 2.24) is 4.57 Å². The van der Waals surface area contributed by atoms with E-state index in [4.69, 9.17) is 25.8 Å². The zero-order valence-electron chi connectivity index (χ0n) is 15.0. The van der Waals surface area contributed by atoms with Gasteiger partial charge in [0.2, 0.25) is 0 Å². The largest absolute Gasteiger partial charge is 0.497 e. The zero-order chi connectivity index (χ0) is 19.2. The molecule has 3 rings (SSSR count). The Labute approximate surface area is 165 Å². The lowest BCUT2D eigenvalue weighted by atomic mass is 10.3. The average Bonchev–Trinajstić information content (AvgIpc) is 3.01. The minimum atomic E-state index is -0.366. The van der Waals surface area contributed by atoms with E-state index in [0.29, 0.717) is 28.7 Å². The third-order valence-electron chi connectivity index (χ3n) is 3.81. The van der Waals surface area contributed by atoms with Crippen molar-refractivity contribution in [1.29, 1.82) is 0 Å². The number of nitrogens with zero attached hydrogens (tertiary/aromatic N) is 2. The zero-order valence-corrected chi connectivity index (χ0v) is 16.5. The van der Waals surface area contributed by atoms with E-state index in [1.165, 1.54) is 11.3 Å². The van der Waals surface area contributed by atoms with E-state index in [0.717, 1.165) is 16.0 Å². The molecule has 0 atom stereocenters. The number of ether oxygens (including phenoxy) is 3. The molecule has 142 valence electrons. The van der Waals surface area contributed by atoms with Crippen LogP contribution in [0.15, 0.2) is 47.5 Å². The van der Waals surface area contributed by atoms with Crippen LogP contribution in [0.4, 0.5) is 0 Å². The molecule has 6 nitrogen and oxygen atoms in total. The molecule has 1 amide bonds. The molecule has 2 aromatic carbocycles. The molecule has 0 radical (unpaired) electrons. The molecule has 0 saturated heterocycles. The lowest BCUT2D eigenvalue weighted by Gasteiger charge is -2.05. The van der Waals surface area contributed by atoms with E-state index in [-0.39, 0.29) is 12.5 Å². The molecule has 0 N–H and O–H groups in total. The van der Waals surface area contributed by atoms with E-state index in [1.54, 1.807) is 38.5 Å². The third-order valence-corrected chi connectivity index (χ3v) is 5.10. The first kappa shape index (κ1) is 19.4. The Balaban J connectivity index is 1.86. The van der Waals surface area contributed by atoms with Crippen molar-refractivity contribution in [2.24, 2.45) is 4.99 Å². The van der Waals surface area contributed by atoms with Crippen LogP contribution in [0.3, 0.4) is 0 Å². The van der Waals surface area contributed by atoms with Crippen LogP contribution < -0.4 is 14.3 Å². The SMILES string of the molecule is COCCn1c(=NC(=O)COc2ccc(Cl)cc2)sc2cc(OC)ccc21. The molecule has 0 bridgehead atoms. The number of aromatic nitrogens is 1. The summed E-state index contributed by atoms with van der Waals surface area (Å²) in [7, 11) is 3.26. The average molecular weight is 407 g/mol. The van der Waals surface area contributed by atoms with Crippen molar-refractivity contribution >= 4 is 39.1 Å². The molecule has 0 aliphatic rings. The summed E-state index contributed by atoms with van der Waals surface area (Å²) in [6.07, 6.45) is 0. The van der Waals surface area contributed by atoms with Crippen molar-refractivity contribution in [3.63, 3.8) is 0 Å². The van der Waals surface area contributed by atoms with Gasteiger partial charge in [-0.25, -0.2) is 0 Å². The van der Waals surface area contributed by atoms with E-state index in [2.05, 4.69) is 4.99 Å². The molecule has 0 aliphatic heterocycles.